The van der Waals surface area contributed by atoms with Gasteiger partial charge in [-0.05, 0) is 12.0 Å². The van der Waals surface area contributed by atoms with Crippen LogP contribution in [0.4, 0.5) is 0 Å². The summed E-state index contributed by atoms with van der Waals surface area (Å²) in [6, 6.07) is 3.80. The first-order chi connectivity index (χ1) is 6.86. The van der Waals surface area contributed by atoms with Crippen LogP contribution >= 0.6 is 11.6 Å². The van der Waals surface area contributed by atoms with E-state index >= 15 is 0 Å². The number of nitrogens with zero attached hydrogens (tertiary/aromatic N) is 1. The number of pyridine rings is 1. The van der Waals surface area contributed by atoms with Crippen LogP contribution in [0.25, 0.3) is 0 Å². The van der Waals surface area contributed by atoms with E-state index in [2.05, 4.69) is 11.9 Å². The number of unbranched alkanes of at least 4 members (excludes halogenated alkanes) is 2. The smallest absolute Gasteiger partial charge is 0.213 e. The van der Waals surface area contributed by atoms with Crippen molar-refractivity contribution in [3.8, 4) is 5.88 Å². The fourth-order valence-corrected chi connectivity index (χ4v) is 1.26. The summed E-state index contributed by atoms with van der Waals surface area (Å²) in [5.74, 6) is 1.19. The van der Waals surface area contributed by atoms with Gasteiger partial charge in [-0.15, -0.1) is 11.6 Å². The van der Waals surface area contributed by atoms with Crippen LogP contribution < -0.4 is 4.74 Å². The quantitative estimate of drug-likeness (QED) is 0.534. The van der Waals surface area contributed by atoms with E-state index in [1.165, 1.54) is 12.8 Å². The first-order valence-electron chi connectivity index (χ1n) is 5.00. The van der Waals surface area contributed by atoms with Crippen molar-refractivity contribution in [2.75, 3.05) is 6.61 Å². The molecule has 14 heavy (non-hydrogen) atoms. The van der Waals surface area contributed by atoms with Crippen molar-refractivity contribution in [3.05, 3.63) is 23.9 Å². The van der Waals surface area contributed by atoms with Gasteiger partial charge in [-0.2, -0.15) is 0 Å². The average Bonchev–Trinajstić information content (AvgIpc) is 2.25. The van der Waals surface area contributed by atoms with Gasteiger partial charge in [0.25, 0.3) is 0 Å². The molecular formula is C11H16ClNO. The van der Waals surface area contributed by atoms with E-state index in [1.807, 2.05) is 12.1 Å². The zero-order valence-electron chi connectivity index (χ0n) is 8.50. The molecule has 0 aliphatic carbocycles. The summed E-state index contributed by atoms with van der Waals surface area (Å²) in [4.78, 5) is 4.14. The van der Waals surface area contributed by atoms with Crippen molar-refractivity contribution >= 4 is 11.6 Å². The van der Waals surface area contributed by atoms with Gasteiger partial charge in [0.1, 0.15) is 0 Å². The topological polar surface area (TPSA) is 22.1 Å². The van der Waals surface area contributed by atoms with E-state index in [0.717, 1.165) is 18.6 Å². The van der Waals surface area contributed by atoms with Crippen LogP contribution in [0.15, 0.2) is 18.3 Å². The molecule has 1 aromatic heterocycles. The van der Waals surface area contributed by atoms with Gasteiger partial charge >= 0.3 is 0 Å². The lowest BCUT2D eigenvalue weighted by Gasteiger charge is -2.04. The predicted octanol–water partition coefficient (Wildman–Crippen LogP) is 3.39. The minimum absolute atomic E-state index is 0.503. The number of hydrogen-bond acceptors (Lipinski definition) is 2. The van der Waals surface area contributed by atoms with Gasteiger partial charge in [0.2, 0.25) is 5.88 Å². The molecule has 0 amide bonds. The molecule has 0 fully saturated rings. The van der Waals surface area contributed by atoms with Crippen molar-refractivity contribution < 1.29 is 4.74 Å². The van der Waals surface area contributed by atoms with Crippen molar-refractivity contribution in [2.45, 2.75) is 32.1 Å². The van der Waals surface area contributed by atoms with Crippen LogP contribution in [0.5, 0.6) is 5.88 Å². The molecule has 1 heterocycles. The fourth-order valence-electron chi connectivity index (χ4n) is 1.10. The molecule has 0 aliphatic rings. The largest absolute Gasteiger partial charge is 0.478 e. The van der Waals surface area contributed by atoms with E-state index in [0.29, 0.717) is 11.8 Å². The van der Waals surface area contributed by atoms with E-state index in [-0.39, 0.29) is 0 Å². The normalized spacial score (nSPS) is 10.1. The summed E-state index contributed by atoms with van der Waals surface area (Å²) in [5, 5.41) is 0. The Bertz CT molecular complexity index is 248. The Morgan fingerprint density at radius 2 is 2.21 bits per heavy atom. The summed E-state index contributed by atoms with van der Waals surface area (Å²) < 4.78 is 5.45. The molecule has 0 saturated heterocycles. The molecule has 0 bridgehead atoms. The number of rotatable bonds is 6. The van der Waals surface area contributed by atoms with Gasteiger partial charge in [-0.3, -0.25) is 0 Å². The molecule has 0 atom stereocenters. The standard InChI is InChI=1S/C11H16ClNO/c1-2-3-4-7-14-11-6-5-10(8-12)9-13-11/h5-6,9H,2-4,7-8H2,1H3. The van der Waals surface area contributed by atoms with Crippen molar-refractivity contribution in [1.29, 1.82) is 0 Å². The van der Waals surface area contributed by atoms with Gasteiger partial charge in [0.05, 0.1) is 6.61 Å². The van der Waals surface area contributed by atoms with Gasteiger partial charge in [-0.1, -0.05) is 25.8 Å². The maximum absolute atomic E-state index is 5.64. The van der Waals surface area contributed by atoms with Crippen LogP contribution in [0.2, 0.25) is 0 Å². The van der Waals surface area contributed by atoms with Gasteiger partial charge in [-0.25, -0.2) is 4.98 Å². The SMILES string of the molecule is CCCCCOc1ccc(CCl)cn1. The Kier molecular flexibility index (Phi) is 5.38. The first-order valence-corrected chi connectivity index (χ1v) is 5.54. The maximum Gasteiger partial charge on any atom is 0.213 e. The highest BCUT2D eigenvalue weighted by Crippen LogP contribution is 2.09. The Morgan fingerprint density at radius 1 is 1.36 bits per heavy atom. The zero-order chi connectivity index (χ0) is 10.2. The highest BCUT2D eigenvalue weighted by atomic mass is 35.5. The van der Waals surface area contributed by atoms with Crippen LogP contribution in [-0.4, -0.2) is 11.6 Å². The summed E-state index contributed by atoms with van der Waals surface area (Å²) >= 11 is 5.64. The molecule has 0 unspecified atom stereocenters. The molecule has 0 radical (unpaired) electrons. The molecule has 0 aromatic carbocycles. The molecule has 0 N–H and O–H groups in total. The lowest BCUT2D eigenvalue weighted by atomic mass is 10.3. The second-order valence-corrected chi connectivity index (χ2v) is 3.46. The fraction of sp³-hybridized carbons (Fsp3) is 0.545. The molecule has 0 saturated carbocycles. The summed E-state index contributed by atoms with van der Waals surface area (Å²) in [6.45, 7) is 2.93. The van der Waals surface area contributed by atoms with Crippen LogP contribution in [0.3, 0.4) is 0 Å². The van der Waals surface area contributed by atoms with Crippen LogP contribution in [-0.2, 0) is 5.88 Å². The summed E-state index contributed by atoms with van der Waals surface area (Å²) in [7, 11) is 0. The van der Waals surface area contributed by atoms with E-state index in [4.69, 9.17) is 16.3 Å². The highest BCUT2D eigenvalue weighted by molar-refractivity contribution is 6.17. The average molecular weight is 214 g/mol. The summed E-state index contributed by atoms with van der Waals surface area (Å²) in [6.07, 6.45) is 5.26. The second kappa shape index (κ2) is 6.66. The molecule has 3 heteroatoms. The zero-order valence-corrected chi connectivity index (χ0v) is 9.26. The van der Waals surface area contributed by atoms with E-state index < -0.39 is 0 Å². The second-order valence-electron chi connectivity index (χ2n) is 3.19. The lowest BCUT2D eigenvalue weighted by molar-refractivity contribution is 0.295. The van der Waals surface area contributed by atoms with E-state index in [1.54, 1.807) is 6.20 Å². The molecule has 1 aromatic rings. The highest BCUT2D eigenvalue weighted by Gasteiger charge is 1.95. The number of aromatic nitrogens is 1. The molecule has 0 spiro atoms. The molecule has 78 valence electrons. The minimum Gasteiger partial charge on any atom is -0.478 e. The Labute approximate surface area is 90.3 Å². The monoisotopic (exact) mass is 213 g/mol. The van der Waals surface area contributed by atoms with Crippen molar-refractivity contribution in [1.82, 2.24) is 4.98 Å². The first kappa shape index (κ1) is 11.3. The van der Waals surface area contributed by atoms with E-state index in [9.17, 15) is 0 Å². The van der Waals surface area contributed by atoms with Gasteiger partial charge in [0.15, 0.2) is 0 Å². The molecule has 0 aliphatic heterocycles. The van der Waals surface area contributed by atoms with Crippen LogP contribution in [0, 0.1) is 0 Å². The predicted molar refractivity (Wildman–Crippen MR) is 58.8 cm³/mol. The minimum atomic E-state index is 0.503. The summed E-state index contributed by atoms with van der Waals surface area (Å²) in [5.41, 5.74) is 1.02. The Hall–Kier alpha value is -0.760. The van der Waals surface area contributed by atoms with Crippen molar-refractivity contribution in [2.24, 2.45) is 0 Å². The number of halogens is 1. The Morgan fingerprint density at radius 3 is 2.79 bits per heavy atom. The maximum atomic E-state index is 5.64. The van der Waals surface area contributed by atoms with Crippen molar-refractivity contribution in [3.63, 3.8) is 0 Å². The van der Waals surface area contributed by atoms with Gasteiger partial charge < -0.3 is 4.74 Å². The number of alkyl halides is 1. The van der Waals surface area contributed by atoms with Gasteiger partial charge in [0, 0.05) is 18.1 Å². The third-order valence-electron chi connectivity index (χ3n) is 1.95. The number of ether oxygens (including phenoxy) is 1. The molecule has 2 nitrogen and oxygen atoms in total. The molecule has 1 rings (SSSR count). The number of hydrogen-bond donors (Lipinski definition) is 0. The third-order valence-corrected chi connectivity index (χ3v) is 2.26. The lowest BCUT2D eigenvalue weighted by Crippen LogP contribution is -1.98. The van der Waals surface area contributed by atoms with Crippen LogP contribution in [0.1, 0.15) is 31.7 Å². The third kappa shape index (κ3) is 3.97. The molecular weight excluding hydrogens is 198 g/mol. The Balaban J connectivity index is 2.29.